The number of imide groups is 1. The van der Waals surface area contributed by atoms with E-state index >= 15 is 0 Å². The van der Waals surface area contributed by atoms with Gasteiger partial charge in [0.15, 0.2) is 0 Å². The summed E-state index contributed by atoms with van der Waals surface area (Å²) in [6, 6.07) is 0.911. The first kappa shape index (κ1) is 15.9. The van der Waals surface area contributed by atoms with Crippen molar-refractivity contribution in [3.8, 4) is 6.07 Å². The van der Waals surface area contributed by atoms with Crippen LogP contribution in [0.25, 0.3) is 0 Å². The zero-order valence-corrected chi connectivity index (χ0v) is 10.2. The van der Waals surface area contributed by atoms with Gasteiger partial charge in [-0.15, -0.1) is 0 Å². The van der Waals surface area contributed by atoms with Crippen molar-refractivity contribution in [2.45, 2.75) is 19.4 Å². The molecule has 0 saturated carbocycles. The zero-order valence-electron chi connectivity index (χ0n) is 10.2. The number of carbonyl (C=O) groups is 3. The Bertz CT molecular complexity index is 363. The number of hydrogen-bond acceptors (Lipinski definition) is 5. The molecule has 18 heavy (non-hydrogen) atoms. The van der Waals surface area contributed by atoms with Crippen LogP contribution in [0.1, 0.15) is 13.3 Å². The van der Waals surface area contributed by atoms with Crippen LogP contribution in [0.5, 0.6) is 0 Å². The van der Waals surface area contributed by atoms with Crippen LogP contribution in [0.2, 0.25) is 0 Å². The molecule has 2 N–H and O–H groups in total. The van der Waals surface area contributed by atoms with E-state index in [4.69, 9.17) is 10.4 Å². The predicted molar refractivity (Wildman–Crippen MR) is 59.4 cm³/mol. The van der Waals surface area contributed by atoms with Crippen molar-refractivity contribution in [1.29, 1.82) is 5.26 Å². The largest absolute Gasteiger partial charge is 0.480 e. The minimum absolute atomic E-state index is 0.146. The van der Waals surface area contributed by atoms with Gasteiger partial charge in [0, 0.05) is 13.1 Å². The maximum Gasteiger partial charge on any atom is 0.329 e. The second-order valence-corrected chi connectivity index (χ2v) is 3.56. The van der Waals surface area contributed by atoms with Gasteiger partial charge >= 0.3 is 12.0 Å². The number of aliphatic carboxylic acids is 1. The number of ether oxygens (including phenoxy) is 1. The van der Waals surface area contributed by atoms with Crippen LogP contribution in [0.15, 0.2) is 0 Å². The van der Waals surface area contributed by atoms with E-state index in [0.717, 1.165) is 0 Å². The predicted octanol–water partition coefficient (Wildman–Crippen LogP) is -0.442. The van der Waals surface area contributed by atoms with E-state index in [1.54, 1.807) is 6.92 Å². The molecule has 0 rings (SSSR count). The molecule has 0 spiro atoms. The Hall–Kier alpha value is -2.14. The van der Waals surface area contributed by atoms with Gasteiger partial charge in [0.25, 0.3) is 5.91 Å². The third-order valence-electron chi connectivity index (χ3n) is 2.07. The number of nitrogens with zero attached hydrogens (tertiary/aromatic N) is 2. The number of hydrogen-bond donors (Lipinski definition) is 2. The Balaban J connectivity index is 4.04. The molecule has 3 amide bonds. The summed E-state index contributed by atoms with van der Waals surface area (Å²) in [5.74, 6) is -1.94. The van der Waals surface area contributed by atoms with Crippen LogP contribution in [0, 0.1) is 11.3 Å². The van der Waals surface area contributed by atoms with Gasteiger partial charge in [0.05, 0.1) is 12.5 Å². The Labute approximate surface area is 104 Å². The highest BCUT2D eigenvalue weighted by Crippen LogP contribution is 1.99. The van der Waals surface area contributed by atoms with Crippen LogP contribution in [-0.4, -0.2) is 54.2 Å². The van der Waals surface area contributed by atoms with Crippen molar-refractivity contribution in [3.63, 3.8) is 0 Å². The van der Waals surface area contributed by atoms with Crippen molar-refractivity contribution in [2.75, 3.05) is 20.3 Å². The zero-order chi connectivity index (χ0) is 14.1. The van der Waals surface area contributed by atoms with Gasteiger partial charge in [0.1, 0.15) is 13.2 Å². The standard InChI is InChI=1S/C10H15N3O5/c1-7(3-4-11)13(2)10(17)12-8(14)5-18-6-9(15)16/h7H,3,5-6H2,1-2H3,(H,15,16)(H,12,14,17). The molecule has 0 aliphatic heterocycles. The SMILES string of the molecule is CC(CC#N)N(C)C(=O)NC(=O)COCC(=O)O. The van der Waals surface area contributed by atoms with Gasteiger partial charge in [-0.2, -0.15) is 5.26 Å². The van der Waals surface area contributed by atoms with Crippen LogP contribution in [0.3, 0.4) is 0 Å². The van der Waals surface area contributed by atoms with Crippen LogP contribution >= 0.6 is 0 Å². The van der Waals surface area contributed by atoms with Crippen LogP contribution < -0.4 is 5.32 Å². The smallest absolute Gasteiger partial charge is 0.329 e. The monoisotopic (exact) mass is 257 g/mol. The molecule has 0 radical (unpaired) electrons. The fourth-order valence-electron chi connectivity index (χ4n) is 0.944. The molecule has 0 aromatic rings. The first-order chi connectivity index (χ1) is 8.38. The Morgan fingerprint density at radius 2 is 2.06 bits per heavy atom. The Morgan fingerprint density at radius 3 is 2.56 bits per heavy atom. The van der Waals surface area contributed by atoms with Crippen LogP contribution in [0.4, 0.5) is 4.79 Å². The number of carboxylic acids is 1. The molecule has 8 heteroatoms. The van der Waals surface area contributed by atoms with E-state index in [2.05, 4.69) is 4.74 Å². The number of urea groups is 1. The highest BCUT2D eigenvalue weighted by atomic mass is 16.5. The molecule has 100 valence electrons. The molecule has 0 aromatic heterocycles. The molecule has 0 fully saturated rings. The number of amides is 3. The maximum atomic E-state index is 11.5. The number of nitrogens with one attached hydrogen (secondary N) is 1. The molecule has 1 atom stereocenters. The van der Waals surface area contributed by atoms with E-state index in [1.807, 2.05) is 11.4 Å². The van der Waals surface area contributed by atoms with Gasteiger partial charge in [-0.3, -0.25) is 10.1 Å². The van der Waals surface area contributed by atoms with Crippen LogP contribution in [-0.2, 0) is 14.3 Å². The van der Waals surface area contributed by atoms with Gasteiger partial charge in [0.2, 0.25) is 0 Å². The maximum absolute atomic E-state index is 11.5. The molecule has 0 bridgehead atoms. The molecule has 0 heterocycles. The summed E-state index contributed by atoms with van der Waals surface area (Å²) in [5, 5.41) is 18.7. The summed E-state index contributed by atoms with van der Waals surface area (Å²) in [5.41, 5.74) is 0. The van der Waals surface area contributed by atoms with Gasteiger partial charge < -0.3 is 14.7 Å². The molecule has 0 aromatic carbocycles. The second kappa shape index (κ2) is 8.03. The first-order valence-corrected chi connectivity index (χ1v) is 5.11. The average Bonchev–Trinajstić information content (AvgIpc) is 2.27. The number of rotatable bonds is 6. The van der Waals surface area contributed by atoms with Gasteiger partial charge in [-0.05, 0) is 6.92 Å². The fourth-order valence-corrected chi connectivity index (χ4v) is 0.944. The number of nitriles is 1. The molecule has 0 aliphatic carbocycles. The molecule has 8 nitrogen and oxygen atoms in total. The van der Waals surface area contributed by atoms with E-state index < -0.39 is 31.1 Å². The van der Waals surface area contributed by atoms with Gasteiger partial charge in [-0.1, -0.05) is 0 Å². The highest BCUT2D eigenvalue weighted by Gasteiger charge is 2.17. The summed E-state index contributed by atoms with van der Waals surface area (Å²) < 4.78 is 4.51. The molecule has 0 saturated heterocycles. The third kappa shape index (κ3) is 6.44. The highest BCUT2D eigenvalue weighted by molar-refractivity contribution is 5.95. The molecular formula is C10H15N3O5. The van der Waals surface area contributed by atoms with Crippen molar-refractivity contribution >= 4 is 17.9 Å². The lowest BCUT2D eigenvalue weighted by molar-refractivity contribution is -0.143. The lowest BCUT2D eigenvalue weighted by atomic mass is 10.2. The van der Waals surface area contributed by atoms with E-state index in [9.17, 15) is 14.4 Å². The third-order valence-corrected chi connectivity index (χ3v) is 2.07. The average molecular weight is 257 g/mol. The fraction of sp³-hybridized carbons (Fsp3) is 0.600. The minimum Gasteiger partial charge on any atom is -0.480 e. The van der Waals surface area contributed by atoms with Crippen molar-refractivity contribution in [1.82, 2.24) is 10.2 Å². The molecule has 0 aliphatic rings. The second-order valence-electron chi connectivity index (χ2n) is 3.56. The number of carbonyl (C=O) groups excluding carboxylic acids is 2. The Morgan fingerprint density at radius 1 is 1.44 bits per heavy atom. The normalized spacial score (nSPS) is 11.2. The molecule has 1 unspecified atom stereocenters. The number of carboxylic acid groups (broad SMARTS) is 1. The summed E-state index contributed by atoms with van der Waals surface area (Å²) in [7, 11) is 1.45. The van der Waals surface area contributed by atoms with E-state index in [1.165, 1.54) is 11.9 Å². The molecular weight excluding hydrogens is 242 g/mol. The Kier molecular flexibility index (Phi) is 7.07. The summed E-state index contributed by atoms with van der Waals surface area (Å²) in [4.78, 5) is 34.0. The van der Waals surface area contributed by atoms with Gasteiger partial charge in [-0.25, -0.2) is 9.59 Å². The van der Waals surface area contributed by atoms with E-state index in [-0.39, 0.29) is 12.5 Å². The van der Waals surface area contributed by atoms with Crippen molar-refractivity contribution < 1.29 is 24.2 Å². The topological polar surface area (TPSA) is 120 Å². The lowest BCUT2D eigenvalue weighted by Crippen LogP contribution is -2.45. The quantitative estimate of drug-likeness (QED) is 0.665. The van der Waals surface area contributed by atoms with Crippen molar-refractivity contribution in [2.24, 2.45) is 0 Å². The first-order valence-electron chi connectivity index (χ1n) is 5.11. The minimum atomic E-state index is -1.20. The van der Waals surface area contributed by atoms with E-state index in [0.29, 0.717) is 0 Å². The lowest BCUT2D eigenvalue weighted by Gasteiger charge is -2.22. The summed E-state index contributed by atoms with van der Waals surface area (Å²) in [6.45, 7) is 0.537. The summed E-state index contributed by atoms with van der Waals surface area (Å²) >= 11 is 0. The van der Waals surface area contributed by atoms with Crippen molar-refractivity contribution in [3.05, 3.63) is 0 Å². The summed E-state index contributed by atoms with van der Waals surface area (Å²) in [6.07, 6.45) is 0.146.